The minimum absolute atomic E-state index is 0.0615. The Labute approximate surface area is 128 Å². The number of carbonyl (C=O) groups excluding carboxylic acids is 2. The summed E-state index contributed by atoms with van der Waals surface area (Å²) >= 11 is 0. The number of nitrogens with one attached hydrogen (secondary N) is 2. The second-order valence-corrected chi connectivity index (χ2v) is 6.57. The molecule has 0 aromatic rings. The van der Waals surface area contributed by atoms with E-state index in [1.165, 1.54) is 7.05 Å². The molecule has 22 heavy (non-hydrogen) atoms. The normalized spacial score (nSPS) is 22.3. The second kappa shape index (κ2) is 5.60. The van der Waals surface area contributed by atoms with Crippen LogP contribution in [0.4, 0.5) is 0 Å². The van der Waals surface area contributed by atoms with Gasteiger partial charge < -0.3 is 20.6 Å². The first-order chi connectivity index (χ1) is 10.1. The molecule has 2 amide bonds. The molecule has 1 saturated carbocycles. The van der Waals surface area contributed by atoms with Crippen LogP contribution in [0.25, 0.3) is 0 Å². The molecule has 122 valence electrons. The van der Waals surface area contributed by atoms with E-state index in [1.54, 1.807) is 20.8 Å². The third kappa shape index (κ3) is 3.56. The maximum Gasteiger partial charge on any atom is 0.337 e. The van der Waals surface area contributed by atoms with Crippen molar-refractivity contribution >= 4 is 17.8 Å². The zero-order valence-corrected chi connectivity index (χ0v) is 13.1. The monoisotopic (exact) mass is 311 g/mol. The van der Waals surface area contributed by atoms with Crippen LogP contribution < -0.4 is 10.6 Å². The van der Waals surface area contributed by atoms with Crippen LogP contribution in [0.5, 0.6) is 0 Å². The summed E-state index contributed by atoms with van der Waals surface area (Å²) in [5.74, 6) is -2.80. The molecule has 0 aromatic carbocycles. The number of carbonyl (C=O) groups is 3. The Kier molecular flexibility index (Phi) is 4.15. The summed E-state index contributed by atoms with van der Waals surface area (Å²) in [5.41, 5.74) is -0.872. The number of hydroxylamine groups is 2. The van der Waals surface area contributed by atoms with Gasteiger partial charge in [0.2, 0.25) is 11.7 Å². The molecular formula is C14H21N3O5. The number of carboxylic acids is 1. The van der Waals surface area contributed by atoms with Crippen LogP contribution in [0.3, 0.4) is 0 Å². The van der Waals surface area contributed by atoms with Crippen molar-refractivity contribution in [3.8, 4) is 0 Å². The lowest BCUT2D eigenvalue weighted by molar-refractivity contribution is -0.149. The van der Waals surface area contributed by atoms with Crippen molar-refractivity contribution in [1.29, 1.82) is 0 Å². The molecule has 1 heterocycles. The van der Waals surface area contributed by atoms with Crippen molar-refractivity contribution < 1.29 is 24.3 Å². The molecule has 1 atom stereocenters. The van der Waals surface area contributed by atoms with Gasteiger partial charge in [0.25, 0.3) is 5.91 Å². The largest absolute Gasteiger partial charge is 0.478 e. The summed E-state index contributed by atoms with van der Waals surface area (Å²) in [6.07, 6.45) is 1.73. The molecule has 0 bridgehead atoms. The van der Waals surface area contributed by atoms with E-state index in [2.05, 4.69) is 10.6 Å². The summed E-state index contributed by atoms with van der Waals surface area (Å²) in [6, 6.07) is -1.11. The lowest BCUT2D eigenvalue weighted by Gasteiger charge is -2.25. The molecule has 1 aliphatic carbocycles. The maximum absolute atomic E-state index is 12.3. The molecule has 0 saturated heterocycles. The zero-order valence-electron chi connectivity index (χ0n) is 13.1. The second-order valence-electron chi connectivity index (χ2n) is 6.57. The van der Waals surface area contributed by atoms with Crippen molar-refractivity contribution in [3.05, 3.63) is 11.3 Å². The summed E-state index contributed by atoms with van der Waals surface area (Å²) in [6.45, 7) is 5.35. The topological polar surface area (TPSA) is 108 Å². The summed E-state index contributed by atoms with van der Waals surface area (Å²) in [7, 11) is 1.42. The Morgan fingerprint density at radius 1 is 1.27 bits per heavy atom. The Bertz CT molecular complexity index is 545. The fraction of sp³-hybridized carbons (Fsp3) is 0.643. The molecule has 2 aliphatic rings. The number of hydrogen-bond donors (Lipinski definition) is 3. The molecule has 0 aromatic heterocycles. The van der Waals surface area contributed by atoms with Crippen molar-refractivity contribution in [2.75, 3.05) is 7.05 Å². The maximum atomic E-state index is 12.3. The van der Waals surface area contributed by atoms with Crippen LogP contribution in [0.2, 0.25) is 0 Å². The smallest absolute Gasteiger partial charge is 0.337 e. The average molecular weight is 311 g/mol. The number of amides is 2. The lowest BCUT2D eigenvalue weighted by atomic mass is 10.0. The first-order valence-corrected chi connectivity index (χ1v) is 7.11. The molecule has 1 fully saturated rings. The van der Waals surface area contributed by atoms with Crippen molar-refractivity contribution in [1.82, 2.24) is 15.7 Å². The summed E-state index contributed by atoms with van der Waals surface area (Å²) in [4.78, 5) is 41.2. The number of rotatable bonds is 4. The first kappa shape index (κ1) is 16.3. The predicted octanol–water partition coefficient (Wildman–Crippen LogP) is -0.236. The highest BCUT2D eigenvalue weighted by Crippen LogP contribution is 2.27. The van der Waals surface area contributed by atoms with E-state index in [1.807, 2.05) is 0 Å². The van der Waals surface area contributed by atoms with Crippen LogP contribution in [-0.2, 0) is 19.2 Å². The van der Waals surface area contributed by atoms with Gasteiger partial charge in [-0.1, -0.05) is 0 Å². The molecule has 8 heteroatoms. The minimum atomic E-state index is -1.35. The van der Waals surface area contributed by atoms with Crippen molar-refractivity contribution in [2.24, 2.45) is 0 Å². The van der Waals surface area contributed by atoms with E-state index in [9.17, 15) is 19.5 Å². The van der Waals surface area contributed by atoms with Gasteiger partial charge in [0.15, 0.2) is 6.04 Å². The Morgan fingerprint density at radius 2 is 1.86 bits per heavy atom. The molecule has 8 nitrogen and oxygen atoms in total. The van der Waals surface area contributed by atoms with Gasteiger partial charge in [0.1, 0.15) is 5.57 Å². The SMILES string of the molecule is CN1OC(C(=O)NC2CC2)=C(C(=O)O)C1C(=O)NC(C)(C)C. The molecular weight excluding hydrogens is 290 g/mol. The third-order valence-corrected chi connectivity index (χ3v) is 3.21. The number of hydrogen-bond acceptors (Lipinski definition) is 5. The number of carboxylic acid groups (broad SMARTS) is 1. The van der Waals surface area contributed by atoms with Crippen LogP contribution in [-0.4, -0.2) is 52.6 Å². The molecule has 0 spiro atoms. The van der Waals surface area contributed by atoms with E-state index in [0.29, 0.717) is 0 Å². The van der Waals surface area contributed by atoms with E-state index in [0.717, 1.165) is 17.9 Å². The highest BCUT2D eigenvalue weighted by molar-refractivity contribution is 6.07. The van der Waals surface area contributed by atoms with Gasteiger partial charge in [-0.25, -0.2) is 4.79 Å². The van der Waals surface area contributed by atoms with E-state index in [4.69, 9.17) is 4.84 Å². The van der Waals surface area contributed by atoms with Gasteiger partial charge in [0.05, 0.1) is 0 Å². The quantitative estimate of drug-likeness (QED) is 0.661. The minimum Gasteiger partial charge on any atom is -0.478 e. The lowest BCUT2D eigenvalue weighted by Crippen LogP contribution is -2.50. The van der Waals surface area contributed by atoms with Gasteiger partial charge in [-0.05, 0) is 33.6 Å². The number of likely N-dealkylation sites (N-methyl/N-ethyl adjacent to an activating group) is 1. The van der Waals surface area contributed by atoms with Gasteiger partial charge >= 0.3 is 5.97 Å². The van der Waals surface area contributed by atoms with Crippen LogP contribution in [0.15, 0.2) is 11.3 Å². The highest BCUT2D eigenvalue weighted by atomic mass is 16.7. The van der Waals surface area contributed by atoms with E-state index in [-0.39, 0.29) is 17.4 Å². The summed E-state index contributed by atoms with van der Waals surface area (Å²) in [5, 5.41) is 15.8. The molecule has 1 unspecified atom stereocenters. The Hall–Kier alpha value is -2.09. The molecule has 1 aliphatic heterocycles. The molecule has 2 rings (SSSR count). The molecule has 3 N–H and O–H groups in total. The van der Waals surface area contributed by atoms with Crippen LogP contribution in [0, 0.1) is 0 Å². The van der Waals surface area contributed by atoms with Gasteiger partial charge in [-0.3, -0.25) is 9.59 Å². The predicted molar refractivity (Wildman–Crippen MR) is 76.4 cm³/mol. The van der Waals surface area contributed by atoms with E-state index < -0.39 is 29.4 Å². The zero-order chi connectivity index (χ0) is 16.7. The first-order valence-electron chi connectivity index (χ1n) is 7.11. The van der Waals surface area contributed by atoms with Crippen molar-refractivity contribution in [2.45, 2.75) is 51.2 Å². The summed E-state index contributed by atoms with van der Waals surface area (Å²) < 4.78 is 0. The molecule has 0 radical (unpaired) electrons. The fourth-order valence-corrected chi connectivity index (χ4v) is 2.14. The fourth-order valence-electron chi connectivity index (χ4n) is 2.14. The number of nitrogens with zero attached hydrogens (tertiary/aromatic N) is 1. The van der Waals surface area contributed by atoms with Gasteiger partial charge in [0, 0.05) is 18.6 Å². The highest BCUT2D eigenvalue weighted by Gasteiger charge is 2.45. The Morgan fingerprint density at radius 3 is 2.32 bits per heavy atom. The average Bonchev–Trinajstić information content (AvgIpc) is 3.07. The van der Waals surface area contributed by atoms with Crippen LogP contribution >= 0.6 is 0 Å². The van der Waals surface area contributed by atoms with Gasteiger partial charge in [-0.15, -0.1) is 5.06 Å². The Balaban J connectivity index is 2.27. The van der Waals surface area contributed by atoms with E-state index >= 15 is 0 Å². The van der Waals surface area contributed by atoms with Crippen molar-refractivity contribution in [3.63, 3.8) is 0 Å². The van der Waals surface area contributed by atoms with Crippen LogP contribution in [0.1, 0.15) is 33.6 Å². The third-order valence-electron chi connectivity index (χ3n) is 3.21. The number of aliphatic carboxylic acids is 1. The standard InChI is InChI=1S/C14H21N3O5/c1-14(2,3)16-11(18)9-8(13(20)21)10(22-17(9)4)12(19)15-7-5-6-7/h7,9H,5-6H2,1-4H3,(H,15,19)(H,16,18)(H,20,21). The van der Waals surface area contributed by atoms with Gasteiger partial charge in [-0.2, -0.15) is 0 Å².